The van der Waals surface area contributed by atoms with Crippen molar-refractivity contribution in [2.24, 2.45) is 5.92 Å². The number of non-ortho nitro benzene ring substituents is 1. The number of hydrogen-bond acceptors (Lipinski definition) is 5. The number of nitro groups is 1. The van der Waals surface area contributed by atoms with Crippen molar-refractivity contribution in [3.63, 3.8) is 0 Å². The Kier molecular flexibility index (Phi) is 4.77. The van der Waals surface area contributed by atoms with Crippen molar-refractivity contribution in [2.45, 2.75) is 6.42 Å². The van der Waals surface area contributed by atoms with E-state index in [1.807, 2.05) is 4.90 Å². The van der Waals surface area contributed by atoms with Gasteiger partial charge in [-0.1, -0.05) is 0 Å². The van der Waals surface area contributed by atoms with E-state index in [4.69, 9.17) is 0 Å². The normalized spacial score (nSPS) is 16.5. The molecule has 144 valence electrons. The fraction of sp³-hybridized carbons (Fsp3) is 0.250. The maximum absolute atomic E-state index is 13.5. The van der Waals surface area contributed by atoms with Gasteiger partial charge in [-0.05, 0) is 42.7 Å². The van der Waals surface area contributed by atoms with Crippen LogP contribution in [0.5, 0.6) is 0 Å². The molecule has 4 rings (SSSR count). The summed E-state index contributed by atoms with van der Waals surface area (Å²) >= 11 is 0. The first-order valence-electron chi connectivity index (χ1n) is 8.99. The summed E-state index contributed by atoms with van der Waals surface area (Å²) < 4.78 is 26.6. The summed E-state index contributed by atoms with van der Waals surface area (Å²) in [5, 5.41) is 15.0. The van der Waals surface area contributed by atoms with E-state index >= 15 is 0 Å². The van der Waals surface area contributed by atoms with Gasteiger partial charge in [0.2, 0.25) is 0 Å². The second-order valence-electron chi connectivity index (χ2n) is 6.87. The first kappa shape index (κ1) is 18.1. The van der Waals surface area contributed by atoms with E-state index in [0.29, 0.717) is 29.1 Å². The Morgan fingerprint density at radius 3 is 2.86 bits per heavy atom. The van der Waals surface area contributed by atoms with E-state index in [0.717, 1.165) is 31.3 Å². The van der Waals surface area contributed by atoms with Crippen LogP contribution in [-0.4, -0.2) is 29.5 Å². The van der Waals surface area contributed by atoms with Crippen LogP contribution >= 0.6 is 0 Å². The van der Waals surface area contributed by atoms with Crippen LogP contribution in [0, 0.1) is 27.7 Å². The van der Waals surface area contributed by atoms with Gasteiger partial charge in [0.1, 0.15) is 5.52 Å². The van der Waals surface area contributed by atoms with Gasteiger partial charge >= 0.3 is 0 Å². The monoisotopic (exact) mass is 384 g/mol. The van der Waals surface area contributed by atoms with Gasteiger partial charge in [-0.2, -0.15) is 0 Å². The lowest BCUT2D eigenvalue weighted by molar-refractivity contribution is -0.383. The highest BCUT2D eigenvalue weighted by molar-refractivity contribution is 5.96. The third kappa shape index (κ3) is 3.45. The van der Waals surface area contributed by atoms with Crippen LogP contribution in [0.1, 0.15) is 6.42 Å². The van der Waals surface area contributed by atoms with Gasteiger partial charge in [0.25, 0.3) is 5.69 Å². The molecule has 1 aliphatic heterocycles. The zero-order chi connectivity index (χ0) is 19.7. The lowest BCUT2D eigenvalue weighted by Crippen LogP contribution is -2.22. The number of nitrogens with zero attached hydrogens (tertiary/aromatic N) is 3. The van der Waals surface area contributed by atoms with Crippen molar-refractivity contribution in [1.29, 1.82) is 0 Å². The Bertz CT molecular complexity index is 1040. The number of anilines is 2. The van der Waals surface area contributed by atoms with Gasteiger partial charge in [-0.25, -0.2) is 8.78 Å². The standard InChI is InChI=1S/C20H18F2N4O2/c21-16-4-3-14(10-17(16)22)25-9-7-13(12-25)11-24-18-5-6-19(26(27)28)15-2-1-8-23-20(15)18/h1-6,8,10,13,24H,7,9,11-12H2/t13-/m0/s1. The number of aromatic nitrogens is 1. The summed E-state index contributed by atoms with van der Waals surface area (Å²) in [5.74, 6) is -1.39. The maximum Gasteiger partial charge on any atom is 0.278 e. The summed E-state index contributed by atoms with van der Waals surface area (Å²) in [6.45, 7) is 2.14. The molecule has 1 atom stereocenters. The molecular formula is C20H18F2N4O2. The van der Waals surface area contributed by atoms with E-state index in [-0.39, 0.29) is 5.69 Å². The predicted molar refractivity (Wildman–Crippen MR) is 104 cm³/mol. The summed E-state index contributed by atoms with van der Waals surface area (Å²) in [6, 6.07) is 10.5. The molecule has 2 aromatic carbocycles. The fourth-order valence-electron chi connectivity index (χ4n) is 3.63. The van der Waals surface area contributed by atoms with Gasteiger partial charge in [0.15, 0.2) is 11.6 Å². The van der Waals surface area contributed by atoms with E-state index in [1.54, 1.807) is 30.5 Å². The molecule has 8 heteroatoms. The predicted octanol–water partition coefficient (Wildman–Crippen LogP) is 4.36. The fourth-order valence-corrected chi connectivity index (χ4v) is 3.63. The van der Waals surface area contributed by atoms with Crippen LogP contribution < -0.4 is 10.2 Å². The summed E-state index contributed by atoms with van der Waals surface area (Å²) in [4.78, 5) is 17.1. The van der Waals surface area contributed by atoms with Crippen molar-refractivity contribution in [3.8, 4) is 0 Å². The van der Waals surface area contributed by atoms with Crippen LogP contribution in [0.2, 0.25) is 0 Å². The molecule has 0 unspecified atom stereocenters. The lowest BCUT2D eigenvalue weighted by atomic mass is 10.1. The smallest absolute Gasteiger partial charge is 0.278 e. The molecule has 3 aromatic rings. The Labute approximate surface area is 160 Å². The van der Waals surface area contributed by atoms with Crippen molar-refractivity contribution in [3.05, 3.63) is 70.4 Å². The minimum atomic E-state index is -0.848. The van der Waals surface area contributed by atoms with Gasteiger partial charge in [0, 0.05) is 43.7 Å². The van der Waals surface area contributed by atoms with Crippen molar-refractivity contribution >= 4 is 28.0 Å². The second-order valence-corrected chi connectivity index (χ2v) is 6.87. The summed E-state index contributed by atoms with van der Waals surface area (Å²) in [5.41, 5.74) is 2.00. The highest BCUT2D eigenvalue weighted by Gasteiger charge is 2.24. The Morgan fingerprint density at radius 1 is 1.21 bits per heavy atom. The average Bonchev–Trinajstić information content (AvgIpc) is 3.17. The number of rotatable bonds is 5. The average molecular weight is 384 g/mol. The molecule has 28 heavy (non-hydrogen) atoms. The summed E-state index contributed by atoms with van der Waals surface area (Å²) in [6.07, 6.45) is 2.52. The zero-order valence-electron chi connectivity index (χ0n) is 14.9. The Hall–Kier alpha value is -3.29. The maximum atomic E-state index is 13.5. The van der Waals surface area contributed by atoms with E-state index in [1.165, 1.54) is 12.1 Å². The van der Waals surface area contributed by atoms with Crippen LogP contribution in [0.25, 0.3) is 10.9 Å². The third-order valence-corrected chi connectivity index (χ3v) is 5.08. The zero-order valence-corrected chi connectivity index (χ0v) is 14.9. The van der Waals surface area contributed by atoms with E-state index in [2.05, 4.69) is 10.3 Å². The molecule has 1 fully saturated rings. The van der Waals surface area contributed by atoms with E-state index in [9.17, 15) is 18.9 Å². The van der Waals surface area contributed by atoms with Crippen LogP contribution in [0.4, 0.5) is 25.8 Å². The van der Waals surface area contributed by atoms with Crippen molar-refractivity contribution < 1.29 is 13.7 Å². The van der Waals surface area contributed by atoms with Gasteiger partial charge in [0.05, 0.1) is 16.0 Å². The molecule has 2 heterocycles. The molecular weight excluding hydrogens is 366 g/mol. The van der Waals surface area contributed by atoms with Crippen molar-refractivity contribution in [1.82, 2.24) is 4.98 Å². The number of pyridine rings is 1. The molecule has 0 saturated carbocycles. The van der Waals surface area contributed by atoms with Crippen molar-refractivity contribution in [2.75, 3.05) is 29.9 Å². The van der Waals surface area contributed by atoms with Crippen LogP contribution in [-0.2, 0) is 0 Å². The molecule has 0 spiro atoms. The molecule has 6 nitrogen and oxygen atoms in total. The minimum absolute atomic E-state index is 0.0269. The topological polar surface area (TPSA) is 71.3 Å². The van der Waals surface area contributed by atoms with E-state index < -0.39 is 16.6 Å². The first-order chi connectivity index (χ1) is 13.5. The second kappa shape index (κ2) is 7.38. The summed E-state index contributed by atoms with van der Waals surface area (Å²) in [7, 11) is 0. The van der Waals surface area contributed by atoms with Gasteiger partial charge in [-0.3, -0.25) is 15.1 Å². The number of nitrogens with one attached hydrogen (secondary N) is 1. The SMILES string of the molecule is O=[N+]([O-])c1ccc(NC[C@@H]2CCN(c3ccc(F)c(F)c3)C2)c2ncccc12. The Balaban J connectivity index is 1.46. The molecule has 0 amide bonds. The van der Waals surface area contributed by atoms with Crippen LogP contribution in [0.3, 0.4) is 0 Å². The molecule has 1 N–H and O–H groups in total. The third-order valence-electron chi connectivity index (χ3n) is 5.08. The van der Waals surface area contributed by atoms with Crippen LogP contribution in [0.15, 0.2) is 48.7 Å². The first-order valence-corrected chi connectivity index (χ1v) is 8.99. The molecule has 1 aromatic heterocycles. The number of nitro benzene ring substituents is 1. The lowest BCUT2D eigenvalue weighted by Gasteiger charge is -2.19. The number of fused-ring (bicyclic) bond motifs is 1. The highest BCUT2D eigenvalue weighted by atomic mass is 19.2. The largest absolute Gasteiger partial charge is 0.383 e. The Morgan fingerprint density at radius 2 is 2.07 bits per heavy atom. The highest BCUT2D eigenvalue weighted by Crippen LogP contribution is 2.31. The van der Waals surface area contributed by atoms with Gasteiger partial charge in [-0.15, -0.1) is 0 Å². The number of hydrogen-bond donors (Lipinski definition) is 1. The molecule has 0 radical (unpaired) electrons. The quantitative estimate of drug-likeness (QED) is 0.523. The molecule has 1 saturated heterocycles. The molecule has 0 bridgehead atoms. The minimum Gasteiger partial charge on any atom is -0.383 e. The number of halogens is 2. The van der Waals surface area contributed by atoms with Gasteiger partial charge < -0.3 is 10.2 Å². The number of benzene rings is 2. The molecule has 1 aliphatic rings. The molecule has 0 aliphatic carbocycles.